The molecule has 0 amide bonds. The van der Waals surface area contributed by atoms with E-state index < -0.39 is 0 Å². The van der Waals surface area contributed by atoms with E-state index in [1.165, 1.54) is 25.7 Å². The molecule has 1 atom stereocenters. The normalized spacial score (nSPS) is 13.2. The molecule has 0 bridgehead atoms. The number of ether oxygens (including phenoxy) is 1. The zero-order valence-corrected chi connectivity index (χ0v) is 18.0. The summed E-state index contributed by atoms with van der Waals surface area (Å²) < 4.78 is 5.20. The zero-order chi connectivity index (χ0) is 20.4. The highest BCUT2D eigenvalue weighted by molar-refractivity contribution is 5.69. The van der Waals surface area contributed by atoms with Gasteiger partial charge in [-0.2, -0.15) is 0 Å². The van der Waals surface area contributed by atoms with E-state index in [1.54, 1.807) is 0 Å². The number of aliphatic hydroxyl groups is 2. The Kier molecular flexibility index (Phi) is 16.7. The van der Waals surface area contributed by atoms with Crippen LogP contribution in [0.1, 0.15) is 104 Å². The van der Waals surface area contributed by atoms with Crippen LogP contribution in [-0.4, -0.2) is 35.5 Å². The lowest BCUT2D eigenvalue weighted by Crippen LogP contribution is -2.25. The van der Waals surface area contributed by atoms with Crippen molar-refractivity contribution < 1.29 is 19.7 Å². The van der Waals surface area contributed by atoms with E-state index in [0.29, 0.717) is 6.42 Å². The molecule has 0 fully saturated rings. The fourth-order valence-electron chi connectivity index (χ4n) is 2.75. The van der Waals surface area contributed by atoms with Crippen molar-refractivity contribution in [3.8, 4) is 0 Å². The van der Waals surface area contributed by atoms with Gasteiger partial charge in [-0.15, -0.1) is 0 Å². The Morgan fingerprint density at radius 1 is 1.00 bits per heavy atom. The molecule has 0 aliphatic carbocycles. The van der Waals surface area contributed by atoms with Crippen molar-refractivity contribution in [3.63, 3.8) is 0 Å². The lowest BCUT2D eigenvalue weighted by atomic mass is 9.96. The number of carbonyl (C=O) groups excluding carboxylic acids is 1. The summed E-state index contributed by atoms with van der Waals surface area (Å²) in [5.74, 6) is -0.160. The zero-order valence-electron chi connectivity index (χ0n) is 18.0. The molecule has 160 valence electrons. The van der Waals surface area contributed by atoms with Crippen LogP contribution in [-0.2, 0) is 9.53 Å². The summed E-state index contributed by atoms with van der Waals surface area (Å²) in [5, 5.41) is 19.0. The van der Waals surface area contributed by atoms with Gasteiger partial charge >= 0.3 is 5.97 Å². The first-order valence-electron chi connectivity index (χ1n) is 11.0. The van der Waals surface area contributed by atoms with Crippen molar-refractivity contribution in [3.05, 3.63) is 12.2 Å². The summed E-state index contributed by atoms with van der Waals surface area (Å²) in [6.07, 6.45) is 17.7. The van der Waals surface area contributed by atoms with E-state index >= 15 is 0 Å². The summed E-state index contributed by atoms with van der Waals surface area (Å²) in [4.78, 5) is 11.6. The van der Waals surface area contributed by atoms with E-state index in [-0.39, 0.29) is 30.7 Å². The van der Waals surface area contributed by atoms with Crippen LogP contribution in [0.15, 0.2) is 12.2 Å². The van der Waals surface area contributed by atoms with Crippen molar-refractivity contribution >= 4 is 5.97 Å². The van der Waals surface area contributed by atoms with Gasteiger partial charge < -0.3 is 14.9 Å². The minimum atomic E-state index is -0.353. The second-order valence-corrected chi connectivity index (χ2v) is 8.50. The van der Waals surface area contributed by atoms with Crippen LogP contribution in [0.4, 0.5) is 0 Å². The predicted octanol–water partition coefficient (Wildman–Crippen LogP) is 5.56. The molecule has 2 N–H and O–H groups in total. The molecule has 0 radical (unpaired) electrons. The van der Waals surface area contributed by atoms with Crippen molar-refractivity contribution in [2.24, 2.45) is 5.41 Å². The number of carbonyl (C=O) groups is 1. The van der Waals surface area contributed by atoms with Gasteiger partial charge in [0.25, 0.3) is 0 Å². The van der Waals surface area contributed by atoms with Gasteiger partial charge in [-0.1, -0.05) is 77.9 Å². The van der Waals surface area contributed by atoms with Crippen LogP contribution in [0.5, 0.6) is 0 Å². The van der Waals surface area contributed by atoms with Crippen LogP contribution in [0.2, 0.25) is 0 Å². The average Bonchev–Trinajstić information content (AvgIpc) is 2.65. The Morgan fingerprint density at radius 3 is 2.37 bits per heavy atom. The Hall–Kier alpha value is -0.870. The first-order chi connectivity index (χ1) is 12.9. The van der Waals surface area contributed by atoms with Crippen LogP contribution < -0.4 is 0 Å². The molecule has 0 aromatic heterocycles. The van der Waals surface area contributed by atoms with Gasteiger partial charge in [0.2, 0.25) is 0 Å². The number of rotatable bonds is 18. The summed E-state index contributed by atoms with van der Waals surface area (Å²) >= 11 is 0. The molecule has 0 saturated heterocycles. The standard InChI is InChI=1S/C23H44O4/c1-4-5-6-13-16-21(25)17-14-11-9-7-8-10-12-15-18-22(26)27-20-23(2,3)19-24/h11,14,21,24-25H,4-10,12-13,15-20H2,1-3H3/t21-/m1/s1. The highest BCUT2D eigenvalue weighted by Gasteiger charge is 2.18. The molecule has 4 nitrogen and oxygen atoms in total. The molecule has 0 aromatic carbocycles. The van der Waals surface area contributed by atoms with Gasteiger partial charge in [0.05, 0.1) is 19.3 Å². The van der Waals surface area contributed by atoms with Gasteiger partial charge in [0.1, 0.15) is 0 Å². The topological polar surface area (TPSA) is 66.8 Å². The Balaban J connectivity index is 3.42. The maximum absolute atomic E-state index is 11.6. The summed E-state index contributed by atoms with van der Waals surface area (Å²) in [7, 11) is 0. The molecule has 27 heavy (non-hydrogen) atoms. The second kappa shape index (κ2) is 17.2. The average molecular weight is 385 g/mol. The first-order valence-corrected chi connectivity index (χ1v) is 11.0. The third-order valence-electron chi connectivity index (χ3n) is 4.77. The maximum Gasteiger partial charge on any atom is 0.305 e. The Morgan fingerprint density at radius 2 is 1.67 bits per heavy atom. The minimum absolute atomic E-state index is 0.0205. The number of allylic oxidation sites excluding steroid dienone is 1. The van der Waals surface area contributed by atoms with E-state index in [9.17, 15) is 9.90 Å². The number of unbranched alkanes of at least 4 members (excludes halogenated alkanes) is 8. The Bertz CT molecular complexity index is 377. The van der Waals surface area contributed by atoms with Gasteiger partial charge in [0, 0.05) is 11.8 Å². The minimum Gasteiger partial charge on any atom is -0.465 e. The quantitative estimate of drug-likeness (QED) is 0.184. The summed E-state index contributed by atoms with van der Waals surface area (Å²) in [5.41, 5.74) is -0.353. The smallest absolute Gasteiger partial charge is 0.305 e. The molecule has 4 heteroatoms. The lowest BCUT2D eigenvalue weighted by Gasteiger charge is -2.20. The van der Waals surface area contributed by atoms with Crippen LogP contribution in [0, 0.1) is 5.41 Å². The molecule has 0 spiro atoms. The molecular weight excluding hydrogens is 340 g/mol. The van der Waals surface area contributed by atoms with Crippen molar-refractivity contribution in [2.45, 2.75) is 110 Å². The van der Waals surface area contributed by atoms with Crippen molar-refractivity contribution in [1.82, 2.24) is 0 Å². The molecule has 0 aromatic rings. The SMILES string of the molecule is CCCCCC[C@@H](O)CC=CCCCCCCCC(=O)OCC(C)(C)CO. The molecular formula is C23H44O4. The van der Waals surface area contributed by atoms with Gasteiger partial charge in [-0.05, 0) is 32.1 Å². The highest BCUT2D eigenvalue weighted by Crippen LogP contribution is 2.15. The van der Waals surface area contributed by atoms with Gasteiger partial charge in [-0.3, -0.25) is 4.79 Å². The molecule has 0 unspecified atom stereocenters. The van der Waals surface area contributed by atoms with Crippen molar-refractivity contribution in [2.75, 3.05) is 13.2 Å². The molecule has 0 saturated carbocycles. The monoisotopic (exact) mass is 384 g/mol. The first kappa shape index (κ1) is 26.1. The molecule has 0 aliphatic rings. The number of esters is 1. The third kappa shape index (κ3) is 18.3. The van der Waals surface area contributed by atoms with Crippen LogP contribution in [0.3, 0.4) is 0 Å². The highest BCUT2D eigenvalue weighted by atomic mass is 16.5. The lowest BCUT2D eigenvalue weighted by molar-refractivity contribution is -0.147. The van der Waals surface area contributed by atoms with E-state index in [2.05, 4.69) is 19.1 Å². The number of hydrogen-bond acceptors (Lipinski definition) is 4. The molecule has 0 rings (SSSR count). The van der Waals surface area contributed by atoms with Crippen molar-refractivity contribution in [1.29, 1.82) is 0 Å². The largest absolute Gasteiger partial charge is 0.465 e. The Labute approximate surface area is 167 Å². The van der Waals surface area contributed by atoms with E-state index in [4.69, 9.17) is 9.84 Å². The predicted molar refractivity (Wildman–Crippen MR) is 113 cm³/mol. The summed E-state index contributed by atoms with van der Waals surface area (Å²) in [6.45, 7) is 6.26. The molecule has 0 aliphatic heterocycles. The number of hydrogen-bond donors (Lipinski definition) is 2. The fourth-order valence-corrected chi connectivity index (χ4v) is 2.75. The van der Waals surface area contributed by atoms with Gasteiger partial charge in [0.15, 0.2) is 0 Å². The van der Waals surface area contributed by atoms with E-state index in [0.717, 1.165) is 51.4 Å². The van der Waals surface area contributed by atoms with Gasteiger partial charge in [-0.25, -0.2) is 0 Å². The summed E-state index contributed by atoms with van der Waals surface area (Å²) in [6, 6.07) is 0. The number of aliphatic hydroxyl groups excluding tert-OH is 2. The van der Waals surface area contributed by atoms with Crippen LogP contribution >= 0.6 is 0 Å². The van der Waals surface area contributed by atoms with E-state index in [1.807, 2.05) is 13.8 Å². The second-order valence-electron chi connectivity index (χ2n) is 8.50. The van der Waals surface area contributed by atoms with Crippen LogP contribution in [0.25, 0.3) is 0 Å². The third-order valence-corrected chi connectivity index (χ3v) is 4.77. The molecule has 0 heterocycles. The fraction of sp³-hybridized carbons (Fsp3) is 0.870. The maximum atomic E-state index is 11.6.